The van der Waals surface area contributed by atoms with Gasteiger partial charge in [-0.25, -0.2) is 0 Å². The van der Waals surface area contributed by atoms with E-state index in [1.165, 1.54) is 18.7 Å². The third-order valence-electron chi connectivity index (χ3n) is 3.19. The Morgan fingerprint density at radius 3 is 2.80 bits per heavy atom. The van der Waals surface area contributed by atoms with Crippen molar-refractivity contribution in [3.05, 3.63) is 30.6 Å². The molecule has 1 fully saturated rings. The first kappa shape index (κ1) is 13.1. The Balaban J connectivity index is 1.87. The van der Waals surface area contributed by atoms with Crippen molar-refractivity contribution in [1.29, 1.82) is 0 Å². The summed E-state index contributed by atoms with van der Waals surface area (Å²) in [5.41, 5.74) is 2.38. The minimum absolute atomic E-state index is 0.0394. The van der Waals surface area contributed by atoms with Crippen LogP contribution in [0.5, 0.6) is 0 Å². The standard InChI is InChI=1S/C14H13N3O2S/c1-9(18)20-11-7-14(19)17(8-11)10-2-3-12-13(6-10)16-5-4-15-12/h2-6,11H,7-8H2,1H3. The monoisotopic (exact) mass is 287 g/mol. The highest BCUT2D eigenvalue weighted by Crippen LogP contribution is 2.29. The van der Waals surface area contributed by atoms with Crippen LogP contribution in [-0.2, 0) is 9.59 Å². The average molecular weight is 287 g/mol. The predicted octanol–water partition coefficient (Wildman–Crippen LogP) is 2.01. The Morgan fingerprint density at radius 1 is 1.30 bits per heavy atom. The quantitative estimate of drug-likeness (QED) is 0.845. The van der Waals surface area contributed by atoms with Gasteiger partial charge in [-0.15, -0.1) is 0 Å². The topological polar surface area (TPSA) is 63.2 Å². The highest BCUT2D eigenvalue weighted by atomic mass is 32.2. The minimum atomic E-state index is 0.0394. The number of rotatable bonds is 2. The highest BCUT2D eigenvalue weighted by molar-refractivity contribution is 8.14. The largest absolute Gasteiger partial charge is 0.311 e. The number of carbonyl (C=O) groups is 2. The van der Waals surface area contributed by atoms with Crippen molar-refractivity contribution < 1.29 is 9.59 Å². The number of anilines is 1. The summed E-state index contributed by atoms with van der Waals surface area (Å²) >= 11 is 1.24. The number of hydrogen-bond donors (Lipinski definition) is 0. The molecule has 102 valence electrons. The second-order valence-corrected chi connectivity index (χ2v) is 6.15. The smallest absolute Gasteiger partial charge is 0.228 e. The van der Waals surface area contributed by atoms with Crippen LogP contribution in [0, 0.1) is 0 Å². The van der Waals surface area contributed by atoms with Gasteiger partial charge in [-0.3, -0.25) is 19.6 Å². The van der Waals surface area contributed by atoms with Gasteiger partial charge in [0.25, 0.3) is 0 Å². The van der Waals surface area contributed by atoms with E-state index in [0.717, 1.165) is 16.7 Å². The van der Waals surface area contributed by atoms with Gasteiger partial charge >= 0.3 is 0 Å². The first-order valence-corrected chi connectivity index (χ1v) is 7.20. The lowest BCUT2D eigenvalue weighted by Crippen LogP contribution is -2.24. The summed E-state index contributed by atoms with van der Waals surface area (Å²) in [6.45, 7) is 2.10. The molecule has 3 rings (SSSR count). The van der Waals surface area contributed by atoms with Crippen LogP contribution in [0.1, 0.15) is 13.3 Å². The molecule has 6 heteroatoms. The molecule has 0 spiro atoms. The van der Waals surface area contributed by atoms with E-state index < -0.39 is 0 Å². The number of hydrogen-bond acceptors (Lipinski definition) is 5. The van der Waals surface area contributed by atoms with Crippen LogP contribution in [0.15, 0.2) is 30.6 Å². The van der Waals surface area contributed by atoms with Crippen molar-refractivity contribution in [1.82, 2.24) is 9.97 Å². The van der Waals surface area contributed by atoms with E-state index in [4.69, 9.17) is 0 Å². The van der Waals surface area contributed by atoms with E-state index in [2.05, 4.69) is 9.97 Å². The van der Waals surface area contributed by atoms with E-state index in [9.17, 15) is 9.59 Å². The molecule has 1 saturated heterocycles. The molecule has 1 aliphatic heterocycles. The molecule has 0 bridgehead atoms. The van der Waals surface area contributed by atoms with Gasteiger partial charge < -0.3 is 4.90 Å². The Kier molecular flexibility index (Phi) is 3.40. The SMILES string of the molecule is CC(=O)SC1CC(=O)N(c2ccc3nccnc3c2)C1. The number of fused-ring (bicyclic) bond motifs is 1. The third-order valence-corrected chi connectivity index (χ3v) is 4.17. The molecule has 20 heavy (non-hydrogen) atoms. The number of aromatic nitrogens is 2. The molecule has 5 nitrogen and oxygen atoms in total. The lowest BCUT2D eigenvalue weighted by Gasteiger charge is -2.16. The zero-order valence-electron chi connectivity index (χ0n) is 10.9. The van der Waals surface area contributed by atoms with Gasteiger partial charge in [-0.1, -0.05) is 11.8 Å². The van der Waals surface area contributed by atoms with Gasteiger partial charge in [0.1, 0.15) is 0 Å². The van der Waals surface area contributed by atoms with Crippen LogP contribution in [0.25, 0.3) is 11.0 Å². The van der Waals surface area contributed by atoms with Crippen molar-refractivity contribution in [2.45, 2.75) is 18.6 Å². The van der Waals surface area contributed by atoms with Gasteiger partial charge in [0.05, 0.1) is 11.0 Å². The summed E-state index contributed by atoms with van der Waals surface area (Å²) in [6, 6.07) is 5.59. The zero-order chi connectivity index (χ0) is 14.1. The molecule has 1 aliphatic rings. The molecular weight excluding hydrogens is 274 g/mol. The molecule has 0 radical (unpaired) electrons. The normalized spacial score (nSPS) is 18.8. The first-order valence-electron chi connectivity index (χ1n) is 6.32. The Hall–Kier alpha value is -1.95. The summed E-state index contributed by atoms with van der Waals surface area (Å²) in [7, 11) is 0. The lowest BCUT2D eigenvalue weighted by atomic mass is 10.2. The molecule has 1 aromatic carbocycles. The second-order valence-electron chi connectivity index (χ2n) is 4.67. The van der Waals surface area contributed by atoms with Crippen LogP contribution in [0.4, 0.5) is 5.69 Å². The summed E-state index contributed by atoms with van der Waals surface area (Å²) in [4.78, 5) is 33.4. The first-order chi connectivity index (χ1) is 9.63. The second kappa shape index (κ2) is 5.20. The van der Waals surface area contributed by atoms with E-state index in [1.807, 2.05) is 18.2 Å². The van der Waals surface area contributed by atoms with Gasteiger partial charge in [0, 0.05) is 43.2 Å². The number of nitrogens with zero attached hydrogens (tertiary/aromatic N) is 3. The fraction of sp³-hybridized carbons (Fsp3) is 0.286. The Labute approximate surface area is 120 Å². The fourth-order valence-corrected chi connectivity index (χ4v) is 3.28. The fourth-order valence-electron chi connectivity index (χ4n) is 2.36. The molecule has 2 heterocycles. The molecule has 1 unspecified atom stereocenters. The van der Waals surface area contributed by atoms with Crippen LogP contribution in [-0.4, -0.2) is 32.8 Å². The molecule has 0 N–H and O–H groups in total. The van der Waals surface area contributed by atoms with Gasteiger partial charge in [0.2, 0.25) is 5.91 Å². The molecule has 1 aromatic heterocycles. The molecule has 0 aliphatic carbocycles. The maximum absolute atomic E-state index is 12.1. The van der Waals surface area contributed by atoms with Gasteiger partial charge in [0.15, 0.2) is 5.12 Å². The van der Waals surface area contributed by atoms with Crippen molar-refractivity contribution >= 4 is 39.5 Å². The van der Waals surface area contributed by atoms with Crippen LogP contribution >= 0.6 is 11.8 Å². The minimum Gasteiger partial charge on any atom is -0.311 e. The lowest BCUT2D eigenvalue weighted by molar-refractivity contribution is -0.117. The summed E-state index contributed by atoms with van der Waals surface area (Å²) in [5.74, 6) is 0.0481. The Morgan fingerprint density at radius 2 is 2.05 bits per heavy atom. The van der Waals surface area contributed by atoms with E-state index >= 15 is 0 Å². The van der Waals surface area contributed by atoms with Crippen molar-refractivity contribution in [2.75, 3.05) is 11.4 Å². The number of benzene rings is 1. The Bertz CT molecular complexity index is 689. The molecule has 1 atom stereocenters. The highest BCUT2D eigenvalue weighted by Gasteiger charge is 2.31. The maximum atomic E-state index is 12.1. The molecule has 1 amide bonds. The van der Waals surface area contributed by atoms with Crippen molar-refractivity contribution in [3.63, 3.8) is 0 Å². The van der Waals surface area contributed by atoms with Gasteiger partial charge in [-0.05, 0) is 18.2 Å². The zero-order valence-corrected chi connectivity index (χ0v) is 11.8. The molecule has 0 saturated carbocycles. The van der Waals surface area contributed by atoms with E-state index in [-0.39, 0.29) is 16.3 Å². The number of thioether (sulfide) groups is 1. The third kappa shape index (κ3) is 2.51. The molecule has 2 aromatic rings. The number of amides is 1. The van der Waals surface area contributed by atoms with Gasteiger partial charge in [-0.2, -0.15) is 0 Å². The maximum Gasteiger partial charge on any atom is 0.228 e. The van der Waals surface area contributed by atoms with Crippen LogP contribution in [0.2, 0.25) is 0 Å². The van der Waals surface area contributed by atoms with E-state index in [1.54, 1.807) is 17.3 Å². The summed E-state index contributed by atoms with van der Waals surface area (Å²) < 4.78 is 0. The summed E-state index contributed by atoms with van der Waals surface area (Å²) in [6.07, 6.45) is 3.68. The number of carbonyl (C=O) groups excluding carboxylic acids is 2. The van der Waals surface area contributed by atoms with Crippen molar-refractivity contribution in [3.8, 4) is 0 Å². The van der Waals surface area contributed by atoms with Crippen LogP contribution < -0.4 is 4.90 Å². The average Bonchev–Trinajstić information content (AvgIpc) is 2.78. The summed E-state index contributed by atoms with van der Waals surface area (Å²) in [5, 5.41) is 0.0894. The van der Waals surface area contributed by atoms with Crippen LogP contribution in [0.3, 0.4) is 0 Å². The molecular formula is C14H13N3O2S. The van der Waals surface area contributed by atoms with E-state index in [0.29, 0.717) is 13.0 Å². The predicted molar refractivity (Wildman–Crippen MR) is 78.6 cm³/mol. The van der Waals surface area contributed by atoms with Crippen molar-refractivity contribution in [2.24, 2.45) is 0 Å².